The average Bonchev–Trinajstić information content (AvgIpc) is 2.16. The highest BCUT2D eigenvalue weighted by Gasteiger charge is 2.22. The Morgan fingerprint density at radius 2 is 2.07 bits per heavy atom. The third-order valence-electron chi connectivity index (χ3n) is 2.93. The number of halogens is 1. The van der Waals surface area contributed by atoms with Crippen LogP contribution in [0.2, 0.25) is 5.15 Å². The van der Waals surface area contributed by atoms with Crippen molar-refractivity contribution in [1.29, 1.82) is 0 Å². The van der Waals surface area contributed by atoms with Gasteiger partial charge in [0.1, 0.15) is 5.15 Å². The Labute approximate surface area is 93.3 Å². The third-order valence-corrected chi connectivity index (χ3v) is 3.23. The minimum atomic E-state index is 0.537. The maximum Gasteiger partial charge on any atom is 0.133 e. The number of fused-ring (bicyclic) bond motifs is 1. The second kappa shape index (κ2) is 3.47. The van der Waals surface area contributed by atoms with E-state index in [9.17, 15) is 0 Å². The molecule has 2 heterocycles. The molecule has 1 aliphatic rings. The van der Waals surface area contributed by atoms with Crippen molar-refractivity contribution in [3.05, 3.63) is 41.0 Å². The SMILES string of the molecule is Clc1nc2ccccc2cc1C1CNC1. The fourth-order valence-electron chi connectivity index (χ4n) is 1.90. The van der Waals surface area contributed by atoms with Crippen LogP contribution in [0.5, 0.6) is 0 Å². The van der Waals surface area contributed by atoms with Crippen LogP contribution in [0.1, 0.15) is 11.5 Å². The van der Waals surface area contributed by atoms with E-state index in [4.69, 9.17) is 11.6 Å². The van der Waals surface area contributed by atoms with Crippen LogP contribution in [0.4, 0.5) is 0 Å². The molecule has 1 fully saturated rings. The Bertz CT molecular complexity index is 506. The maximum absolute atomic E-state index is 6.17. The molecule has 0 bridgehead atoms. The summed E-state index contributed by atoms with van der Waals surface area (Å²) >= 11 is 6.17. The number of nitrogens with one attached hydrogen (secondary N) is 1. The van der Waals surface area contributed by atoms with Crippen molar-refractivity contribution in [3.63, 3.8) is 0 Å². The number of rotatable bonds is 1. The molecule has 0 saturated carbocycles. The lowest BCUT2D eigenvalue weighted by Crippen LogP contribution is -2.40. The van der Waals surface area contributed by atoms with E-state index in [1.807, 2.05) is 18.2 Å². The molecule has 0 spiro atoms. The molecule has 0 atom stereocenters. The van der Waals surface area contributed by atoms with E-state index in [2.05, 4.69) is 22.4 Å². The molecule has 2 nitrogen and oxygen atoms in total. The van der Waals surface area contributed by atoms with Crippen LogP contribution < -0.4 is 5.32 Å². The van der Waals surface area contributed by atoms with Crippen molar-refractivity contribution in [3.8, 4) is 0 Å². The van der Waals surface area contributed by atoms with Crippen LogP contribution in [0.15, 0.2) is 30.3 Å². The number of hydrogen-bond acceptors (Lipinski definition) is 2. The minimum absolute atomic E-state index is 0.537. The van der Waals surface area contributed by atoms with Crippen molar-refractivity contribution in [1.82, 2.24) is 10.3 Å². The van der Waals surface area contributed by atoms with E-state index < -0.39 is 0 Å². The molecule has 1 aliphatic heterocycles. The summed E-state index contributed by atoms with van der Waals surface area (Å²) in [5.41, 5.74) is 2.15. The van der Waals surface area contributed by atoms with Gasteiger partial charge in [-0.2, -0.15) is 0 Å². The molecule has 0 unspecified atom stereocenters. The summed E-state index contributed by atoms with van der Waals surface area (Å²) in [6.07, 6.45) is 0. The first-order valence-corrected chi connectivity index (χ1v) is 5.48. The summed E-state index contributed by atoms with van der Waals surface area (Å²) in [5, 5.41) is 5.07. The van der Waals surface area contributed by atoms with E-state index in [0.29, 0.717) is 11.1 Å². The summed E-state index contributed by atoms with van der Waals surface area (Å²) < 4.78 is 0. The molecule has 3 heteroatoms. The first-order valence-electron chi connectivity index (χ1n) is 5.10. The molecule has 2 aromatic rings. The number of hydrogen-bond donors (Lipinski definition) is 1. The molecule has 15 heavy (non-hydrogen) atoms. The van der Waals surface area contributed by atoms with E-state index in [0.717, 1.165) is 18.6 Å². The average molecular weight is 219 g/mol. The van der Waals surface area contributed by atoms with Gasteiger partial charge in [0.25, 0.3) is 0 Å². The monoisotopic (exact) mass is 218 g/mol. The first kappa shape index (κ1) is 9.13. The number of para-hydroxylation sites is 1. The summed E-state index contributed by atoms with van der Waals surface area (Å²) in [6.45, 7) is 2.03. The minimum Gasteiger partial charge on any atom is -0.315 e. The van der Waals surface area contributed by atoms with Gasteiger partial charge in [0.2, 0.25) is 0 Å². The Hall–Kier alpha value is -1.12. The maximum atomic E-state index is 6.17. The van der Waals surface area contributed by atoms with Gasteiger partial charge in [-0.25, -0.2) is 4.98 Å². The third kappa shape index (κ3) is 1.50. The van der Waals surface area contributed by atoms with Gasteiger partial charge in [-0.1, -0.05) is 29.8 Å². The van der Waals surface area contributed by atoms with Gasteiger partial charge in [-0.15, -0.1) is 0 Å². The van der Waals surface area contributed by atoms with Crippen molar-refractivity contribution < 1.29 is 0 Å². The normalized spacial score (nSPS) is 16.6. The Kier molecular flexibility index (Phi) is 2.11. The Morgan fingerprint density at radius 1 is 1.27 bits per heavy atom. The van der Waals surface area contributed by atoms with Gasteiger partial charge in [0, 0.05) is 24.4 Å². The number of nitrogens with zero attached hydrogens (tertiary/aromatic N) is 1. The van der Waals surface area contributed by atoms with Crippen LogP contribution in [0.25, 0.3) is 10.9 Å². The van der Waals surface area contributed by atoms with Crippen molar-refractivity contribution in [2.45, 2.75) is 5.92 Å². The topological polar surface area (TPSA) is 24.9 Å². The largest absolute Gasteiger partial charge is 0.315 e. The Morgan fingerprint density at radius 3 is 2.80 bits per heavy atom. The highest BCUT2D eigenvalue weighted by atomic mass is 35.5. The fraction of sp³-hybridized carbons (Fsp3) is 0.250. The van der Waals surface area contributed by atoms with E-state index >= 15 is 0 Å². The van der Waals surface area contributed by atoms with Crippen LogP contribution in [-0.2, 0) is 0 Å². The molecule has 1 aromatic heterocycles. The quantitative estimate of drug-likeness (QED) is 0.745. The molecular weight excluding hydrogens is 208 g/mol. The van der Waals surface area contributed by atoms with Gasteiger partial charge in [-0.05, 0) is 17.7 Å². The predicted molar refractivity (Wildman–Crippen MR) is 62.4 cm³/mol. The molecule has 0 radical (unpaired) electrons. The smallest absolute Gasteiger partial charge is 0.133 e. The van der Waals surface area contributed by atoms with Gasteiger partial charge >= 0.3 is 0 Å². The van der Waals surface area contributed by atoms with Crippen LogP contribution in [-0.4, -0.2) is 18.1 Å². The zero-order valence-corrected chi connectivity index (χ0v) is 8.96. The standard InChI is InChI=1S/C12H11ClN2/c13-12-10(9-6-14-7-9)5-8-3-1-2-4-11(8)15-12/h1-5,9,14H,6-7H2. The fourth-order valence-corrected chi connectivity index (χ4v) is 2.20. The van der Waals surface area contributed by atoms with Crippen LogP contribution in [0, 0.1) is 0 Å². The predicted octanol–water partition coefficient (Wildman–Crippen LogP) is 2.57. The van der Waals surface area contributed by atoms with E-state index in [1.54, 1.807) is 0 Å². The second-order valence-corrected chi connectivity index (χ2v) is 4.27. The first-order chi connectivity index (χ1) is 7.34. The van der Waals surface area contributed by atoms with Gasteiger partial charge in [0.15, 0.2) is 0 Å². The molecular formula is C12H11ClN2. The highest BCUT2D eigenvalue weighted by molar-refractivity contribution is 6.30. The molecule has 1 N–H and O–H groups in total. The molecule has 1 aromatic carbocycles. The summed E-state index contributed by atoms with van der Waals surface area (Å²) in [5.74, 6) is 0.537. The van der Waals surface area contributed by atoms with Gasteiger partial charge < -0.3 is 5.32 Å². The lowest BCUT2D eigenvalue weighted by molar-refractivity contribution is 0.448. The zero-order valence-electron chi connectivity index (χ0n) is 8.20. The van der Waals surface area contributed by atoms with Gasteiger partial charge in [0.05, 0.1) is 5.52 Å². The second-order valence-electron chi connectivity index (χ2n) is 3.92. The molecule has 76 valence electrons. The Balaban J connectivity index is 2.17. The molecule has 3 rings (SSSR count). The van der Waals surface area contributed by atoms with E-state index in [1.165, 1.54) is 10.9 Å². The molecule has 0 aliphatic carbocycles. The van der Waals surface area contributed by atoms with Gasteiger partial charge in [-0.3, -0.25) is 0 Å². The highest BCUT2D eigenvalue weighted by Crippen LogP contribution is 2.28. The molecule has 1 saturated heterocycles. The lowest BCUT2D eigenvalue weighted by atomic mass is 9.94. The number of pyridine rings is 1. The van der Waals surface area contributed by atoms with E-state index in [-0.39, 0.29) is 0 Å². The number of benzene rings is 1. The number of aromatic nitrogens is 1. The summed E-state index contributed by atoms with van der Waals surface area (Å²) in [7, 11) is 0. The summed E-state index contributed by atoms with van der Waals surface area (Å²) in [4.78, 5) is 4.42. The van der Waals surface area contributed by atoms with Crippen molar-refractivity contribution >= 4 is 22.5 Å². The van der Waals surface area contributed by atoms with Crippen LogP contribution >= 0.6 is 11.6 Å². The van der Waals surface area contributed by atoms with Crippen LogP contribution in [0.3, 0.4) is 0 Å². The van der Waals surface area contributed by atoms with Crippen molar-refractivity contribution in [2.24, 2.45) is 0 Å². The summed E-state index contributed by atoms with van der Waals surface area (Å²) in [6, 6.07) is 10.2. The zero-order chi connectivity index (χ0) is 10.3. The van der Waals surface area contributed by atoms with Crippen molar-refractivity contribution in [2.75, 3.05) is 13.1 Å². The lowest BCUT2D eigenvalue weighted by Gasteiger charge is -2.28. The molecule has 0 amide bonds.